The number of carbonyl (C=O) groups is 1. The third-order valence-electron chi connectivity index (χ3n) is 5.94. The zero-order valence-electron chi connectivity index (χ0n) is 13.6. The highest BCUT2D eigenvalue weighted by Crippen LogP contribution is 2.55. The minimum atomic E-state index is 0.140. The Bertz CT molecular complexity index is 595. The van der Waals surface area contributed by atoms with E-state index in [1.165, 1.54) is 49.0 Å². The van der Waals surface area contributed by atoms with E-state index >= 15 is 0 Å². The average Bonchev–Trinajstić information content (AvgIpc) is 2.44. The SMILES string of the molecule is Cc1cc(Br)ccc1SCC(=O)NC12CC3CC(CC(C3)C1)C2. The molecule has 0 aliphatic heterocycles. The molecule has 1 aromatic carbocycles. The van der Waals surface area contributed by atoms with Crippen LogP contribution in [0.25, 0.3) is 0 Å². The predicted octanol–water partition coefficient (Wildman–Crippen LogP) is 4.93. The highest BCUT2D eigenvalue weighted by atomic mass is 79.9. The summed E-state index contributed by atoms with van der Waals surface area (Å²) in [5.41, 5.74) is 1.37. The second-order valence-electron chi connectivity index (χ2n) is 7.94. The van der Waals surface area contributed by atoms with Gasteiger partial charge in [0, 0.05) is 14.9 Å². The molecule has 0 aromatic heterocycles. The lowest BCUT2D eigenvalue weighted by atomic mass is 9.53. The summed E-state index contributed by atoms with van der Waals surface area (Å²) in [4.78, 5) is 13.7. The molecular weight excluding hydrogens is 370 g/mol. The van der Waals surface area contributed by atoms with Crippen molar-refractivity contribution in [3.8, 4) is 0 Å². The van der Waals surface area contributed by atoms with Gasteiger partial charge in [-0.05, 0) is 87.0 Å². The summed E-state index contributed by atoms with van der Waals surface area (Å²) in [6.07, 6.45) is 7.94. The van der Waals surface area contributed by atoms with E-state index in [1.54, 1.807) is 11.8 Å². The fraction of sp³-hybridized carbons (Fsp3) is 0.632. The average molecular weight is 394 g/mol. The van der Waals surface area contributed by atoms with Gasteiger partial charge < -0.3 is 5.32 Å². The maximum absolute atomic E-state index is 12.5. The topological polar surface area (TPSA) is 29.1 Å². The van der Waals surface area contributed by atoms with Gasteiger partial charge >= 0.3 is 0 Å². The molecular formula is C19H24BrNOS. The van der Waals surface area contributed by atoms with E-state index in [0.29, 0.717) is 5.75 Å². The molecule has 4 aliphatic carbocycles. The van der Waals surface area contributed by atoms with Gasteiger partial charge in [-0.3, -0.25) is 4.79 Å². The molecule has 0 saturated heterocycles. The molecule has 0 radical (unpaired) electrons. The van der Waals surface area contributed by atoms with Crippen LogP contribution in [0, 0.1) is 24.7 Å². The number of rotatable bonds is 4. The number of hydrogen-bond donors (Lipinski definition) is 1. The van der Waals surface area contributed by atoms with Crippen molar-refractivity contribution < 1.29 is 4.79 Å². The molecule has 4 fully saturated rings. The van der Waals surface area contributed by atoms with E-state index in [-0.39, 0.29) is 11.4 Å². The zero-order valence-corrected chi connectivity index (χ0v) is 16.0. The fourth-order valence-electron chi connectivity index (χ4n) is 5.51. The maximum atomic E-state index is 12.5. The van der Waals surface area contributed by atoms with Crippen LogP contribution in [-0.2, 0) is 4.79 Å². The molecule has 124 valence electrons. The normalized spacial score (nSPS) is 34.6. The van der Waals surface area contributed by atoms with Gasteiger partial charge in [0.25, 0.3) is 0 Å². The van der Waals surface area contributed by atoms with Gasteiger partial charge in [-0.1, -0.05) is 15.9 Å². The summed E-state index contributed by atoms with van der Waals surface area (Å²) in [5, 5.41) is 3.46. The Morgan fingerprint density at radius 3 is 2.39 bits per heavy atom. The molecule has 4 aliphatic rings. The van der Waals surface area contributed by atoms with Crippen LogP contribution in [0.2, 0.25) is 0 Å². The summed E-state index contributed by atoms with van der Waals surface area (Å²) in [5.74, 6) is 3.39. The number of carbonyl (C=O) groups excluding carboxylic acids is 1. The van der Waals surface area contributed by atoms with Gasteiger partial charge in [0.15, 0.2) is 0 Å². The molecule has 4 heteroatoms. The van der Waals surface area contributed by atoms with Gasteiger partial charge in [-0.15, -0.1) is 11.8 Å². The van der Waals surface area contributed by atoms with Gasteiger partial charge in [0.2, 0.25) is 5.91 Å². The van der Waals surface area contributed by atoms with E-state index < -0.39 is 0 Å². The van der Waals surface area contributed by atoms with Gasteiger partial charge in [-0.2, -0.15) is 0 Å². The van der Waals surface area contributed by atoms with Crippen molar-refractivity contribution in [2.24, 2.45) is 17.8 Å². The lowest BCUT2D eigenvalue weighted by molar-refractivity contribution is -0.124. The third kappa shape index (κ3) is 3.34. The number of thioether (sulfide) groups is 1. The molecule has 0 atom stereocenters. The van der Waals surface area contributed by atoms with Crippen LogP contribution < -0.4 is 5.32 Å². The van der Waals surface area contributed by atoms with Crippen LogP contribution in [-0.4, -0.2) is 17.2 Å². The van der Waals surface area contributed by atoms with Crippen molar-refractivity contribution in [1.82, 2.24) is 5.32 Å². The van der Waals surface area contributed by atoms with E-state index in [1.807, 2.05) is 6.07 Å². The van der Waals surface area contributed by atoms with Crippen molar-refractivity contribution in [2.45, 2.75) is 55.9 Å². The number of benzene rings is 1. The van der Waals surface area contributed by atoms with Crippen LogP contribution in [0.1, 0.15) is 44.1 Å². The Balaban J connectivity index is 1.37. The molecule has 1 amide bonds. The lowest BCUT2D eigenvalue weighted by Gasteiger charge is -2.56. The summed E-state index contributed by atoms with van der Waals surface area (Å²) >= 11 is 5.15. The quantitative estimate of drug-likeness (QED) is 0.734. The van der Waals surface area contributed by atoms with Gasteiger partial charge in [0.1, 0.15) is 0 Å². The first-order valence-corrected chi connectivity index (χ1v) is 10.5. The van der Waals surface area contributed by atoms with E-state index in [0.717, 1.165) is 22.2 Å². The zero-order chi connectivity index (χ0) is 16.0. The minimum absolute atomic E-state index is 0.140. The maximum Gasteiger partial charge on any atom is 0.230 e. The summed E-state index contributed by atoms with van der Waals surface area (Å²) in [7, 11) is 0. The number of aryl methyl sites for hydroxylation is 1. The largest absolute Gasteiger partial charge is 0.350 e. The monoisotopic (exact) mass is 393 g/mol. The summed E-state index contributed by atoms with van der Waals surface area (Å²) in [6.45, 7) is 2.10. The second kappa shape index (κ2) is 6.11. The number of amides is 1. The Morgan fingerprint density at radius 2 is 1.83 bits per heavy atom. The predicted molar refractivity (Wildman–Crippen MR) is 98.6 cm³/mol. The second-order valence-corrected chi connectivity index (χ2v) is 9.88. The fourth-order valence-corrected chi connectivity index (χ4v) is 6.80. The molecule has 2 nitrogen and oxygen atoms in total. The molecule has 0 spiro atoms. The molecule has 23 heavy (non-hydrogen) atoms. The highest BCUT2D eigenvalue weighted by molar-refractivity contribution is 9.10. The van der Waals surface area contributed by atoms with Crippen molar-refractivity contribution in [3.05, 3.63) is 28.2 Å². The van der Waals surface area contributed by atoms with E-state index in [2.05, 4.69) is 40.3 Å². The molecule has 4 saturated carbocycles. The Labute approximate surface area is 151 Å². The van der Waals surface area contributed by atoms with Crippen LogP contribution in [0.4, 0.5) is 0 Å². The van der Waals surface area contributed by atoms with Crippen molar-refractivity contribution >= 4 is 33.6 Å². The number of hydrogen-bond acceptors (Lipinski definition) is 2. The lowest BCUT2D eigenvalue weighted by Crippen LogP contribution is -2.60. The van der Waals surface area contributed by atoms with Crippen LogP contribution in [0.5, 0.6) is 0 Å². The molecule has 1 aromatic rings. The molecule has 0 unspecified atom stereocenters. The first-order chi connectivity index (χ1) is 11.0. The van der Waals surface area contributed by atoms with Crippen LogP contribution in [0.3, 0.4) is 0 Å². The molecule has 5 rings (SSSR count). The Morgan fingerprint density at radius 1 is 1.22 bits per heavy atom. The van der Waals surface area contributed by atoms with Crippen molar-refractivity contribution in [1.29, 1.82) is 0 Å². The highest BCUT2D eigenvalue weighted by Gasteiger charge is 2.51. The minimum Gasteiger partial charge on any atom is -0.350 e. The van der Waals surface area contributed by atoms with Crippen LogP contribution >= 0.6 is 27.7 Å². The van der Waals surface area contributed by atoms with E-state index in [4.69, 9.17) is 0 Å². The summed E-state index contributed by atoms with van der Waals surface area (Å²) < 4.78 is 1.09. The van der Waals surface area contributed by atoms with Crippen molar-refractivity contribution in [2.75, 3.05) is 5.75 Å². The summed E-state index contributed by atoms with van der Waals surface area (Å²) in [6, 6.07) is 6.26. The molecule has 1 N–H and O–H groups in total. The first kappa shape index (κ1) is 16.0. The molecule has 0 heterocycles. The smallest absolute Gasteiger partial charge is 0.230 e. The standard InChI is InChI=1S/C19H24BrNOS/c1-12-4-16(20)2-3-17(12)23-11-18(22)21-19-8-13-5-14(9-19)7-15(6-13)10-19/h2-4,13-15H,5-11H2,1H3,(H,21,22). The van der Waals surface area contributed by atoms with Crippen LogP contribution in [0.15, 0.2) is 27.6 Å². The first-order valence-electron chi connectivity index (χ1n) is 8.71. The number of halogens is 1. The van der Waals surface area contributed by atoms with Crippen molar-refractivity contribution in [3.63, 3.8) is 0 Å². The third-order valence-corrected chi connectivity index (χ3v) is 7.61. The van der Waals surface area contributed by atoms with Gasteiger partial charge in [-0.25, -0.2) is 0 Å². The molecule has 4 bridgehead atoms. The number of nitrogens with one attached hydrogen (secondary N) is 1. The van der Waals surface area contributed by atoms with Gasteiger partial charge in [0.05, 0.1) is 5.75 Å². The van der Waals surface area contributed by atoms with E-state index in [9.17, 15) is 4.79 Å². The Hall–Kier alpha value is -0.480. The Kier molecular flexibility index (Phi) is 4.25.